The van der Waals surface area contributed by atoms with Gasteiger partial charge in [-0.1, -0.05) is 24.3 Å². The predicted molar refractivity (Wildman–Crippen MR) is 118 cm³/mol. The van der Waals surface area contributed by atoms with Crippen molar-refractivity contribution in [3.63, 3.8) is 0 Å². The molecule has 1 aromatic heterocycles. The topological polar surface area (TPSA) is 52.6 Å². The summed E-state index contributed by atoms with van der Waals surface area (Å²) >= 11 is 0. The van der Waals surface area contributed by atoms with Crippen LogP contribution in [0.3, 0.4) is 0 Å². The van der Waals surface area contributed by atoms with Crippen molar-refractivity contribution >= 4 is 40.8 Å². The smallest absolute Gasteiger partial charge is 0.191 e. The first-order chi connectivity index (χ1) is 12.3. The Morgan fingerprint density at radius 3 is 2.85 bits per heavy atom. The standard InChI is InChI=1S/C20H27N5.HI/c1-21-20(24-17-11-13-25(14-17)18-8-9-18)22-12-10-16-7-6-15-4-2-3-5-19(15)23-16;/h2-7,17-18H,8-14H2,1H3,(H2,21,22,24);1H. The third-order valence-corrected chi connectivity index (χ3v) is 5.18. The highest BCUT2D eigenvalue weighted by Crippen LogP contribution is 2.29. The van der Waals surface area contributed by atoms with Crippen molar-refractivity contribution in [2.24, 2.45) is 4.99 Å². The fraction of sp³-hybridized carbons (Fsp3) is 0.500. The monoisotopic (exact) mass is 465 g/mol. The lowest BCUT2D eigenvalue weighted by atomic mass is 10.2. The van der Waals surface area contributed by atoms with Crippen molar-refractivity contribution in [3.05, 3.63) is 42.1 Å². The average molecular weight is 465 g/mol. The fourth-order valence-electron chi connectivity index (χ4n) is 3.62. The maximum Gasteiger partial charge on any atom is 0.191 e. The summed E-state index contributed by atoms with van der Waals surface area (Å²) in [5.41, 5.74) is 2.18. The van der Waals surface area contributed by atoms with E-state index in [-0.39, 0.29) is 24.0 Å². The van der Waals surface area contributed by atoms with E-state index in [4.69, 9.17) is 4.98 Å². The van der Waals surface area contributed by atoms with Crippen LogP contribution in [0.1, 0.15) is 25.0 Å². The lowest BCUT2D eigenvalue weighted by Crippen LogP contribution is -2.45. The summed E-state index contributed by atoms with van der Waals surface area (Å²) in [6, 6.07) is 13.9. The molecule has 1 saturated carbocycles. The van der Waals surface area contributed by atoms with E-state index in [1.165, 1.54) is 31.2 Å². The second-order valence-electron chi connectivity index (χ2n) is 7.10. The zero-order valence-corrected chi connectivity index (χ0v) is 17.6. The lowest BCUT2D eigenvalue weighted by molar-refractivity contribution is 0.321. The normalized spacial score (nSPS) is 20.8. The second kappa shape index (κ2) is 8.99. The molecule has 0 bridgehead atoms. The van der Waals surface area contributed by atoms with E-state index in [0.717, 1.165) is 42.7 Å². The quantitative estimate of drug-likeness (QED) is 0.405. The molecule has 140 valence electrons. The van der Waals surface area contributed by atoms with Crippen molar-refractivity contribution < 1.29 is 0 Å². The van der Waals surface area contributed by atoms with Gasteiger partial charge in [-0.05, 0) is 31.4 Å². The molecule has 1 aliphatic carbocycles. The summed E-state index contributed by atoms with van der Waals surface area (Å²) < 4.78 is 0. The number of hydrogen-bond acceptors (Lipinski definition) is 3. The number of likely N-dealkylation sites (tertiary alicyclic amines) is 1. The molecule has 26 heavy (non-hydrogen) atoms. The molecular weight excluding hydrogens is 437 g/mol. The number of fused-ring (bicyclic) bond motifs is 1. The number of aromatic nitrogens is 1. The van der Waals surface area contributed by atoms with E-state index in [9.17, 15) is 0 Å². The first-order valence-electron chi connectivity index (χ1n) is 9.38. The SMILES string of the molecule is CN=C(NCCc1ccc2ccccc2n1)NC1CCN(C2CC2)C1.I. The molecule has 4 rings (SSSR count). The number of guanidine groups is 1. The number of halogens is 1. The van der Waals surface area contributed by atoms with Gasteiger partial charge in [0.2, 0.25) is 0 Å². The first kappa shape index (κ1) is 19.4. The van der Waals surface area contributed by atoms with Gasteiger partial charge < -0.3 is 10.6 Å². The molecule has 0 amide bonds. The fourth-order valence-corrected chi connectivity index (χ4v) is 3.62. The van der Waals surface area contributed by atoms with Crippen molar-refractivity contribution in [1.82, 2.24) is 20.5 Å². The minimum atomic E-state index is 0. The summed E-state index contributed by atoms with van der Waals surface area (Å²) in [5.74, 6) is 0.906. The van der Waals surface area contributed by atoms with Crippen LogP contribution >= 0.6 is 24.0 Å². The van der Waals surface area contributed by atoms with Gasteiger partial charge in [0, 0.05) is 56.3 Å². The van der Waals surface area contributed by atoms with Crippen LogP contribution in [0.5, 0.6) is 0 Å². The van der Waals surface area contributed by atoms with Crippen LogP contribution in [0, 0.1) is 0 Å². The number of rotatable bonds is 5. The average Bonchev–Trinajstić information content (AvgIpc) is 3.40. The Morgan fingerprint density at radius 2 is 2.04 bits per heavy atom. The molecule has 1 saturated heterocycles. The minimum Gasteiger partial charge on any atom is -0.356 e. The van der Waals surface area contributed by atoms with Gasteiger partial charge in [0.15, 0.2) is 5.96 Å². The van der Waals surface area contributed by atoms with Gasteiger partial charge in [0.05, 0.1) is 5.52 Å². The zero-order valence-electron chi connectivity index (χ0n) is 15.3. The van der Waals surface area contributed by atoms with E-state index in [2.05, 4.69) is 44.8 Å². The third kappa shape index (κ3) is 4.85. The molecule has 2 fully saturated rings. The minimum absolute atomic E-state index is 0. The van der Waals surface area contributed by atoms with Crippen molar-refractivity contribution in [1.29, 1.82) is 0 Å². The molecule has 2 heterocycles. The second-order valence-corrected chi connectivity index (χ2v) is 7.10. The molecule has 0 radical (unpaired) electrons. The van der Waals surface area contributed by atoms with E-state index >= 15 is 0 Å². The predicted octanol–water partition coefficient (Wildman–Crippen LogP) is 2.80. The van der Waals surface area contributed by atoms with Crippen molar-refractivity contribution in [2.45, 2.75) is 37.8 Å². The number of pyridine rings is 1. The van der Waals surface area contributed by atoms with Crippen LogP contribution < -0.4 is 10.6 Å². The summed E-state index contributed by atoms with van der Waals surface area (Å²) in [6.07, 6.45) is 4.88. The van der Waals surface area contributed by atoms with Crippen LogP contribution in [0.2, 0.25) is 0 Å². The molecule has 1 aromatic carbocycles. The Labute approximate surface area is 172 Å². The van der Waals surface area contributed by atoms with E-state index < -0.39 is 0 Å². The summed E-state index contributed by atoms with van der Waals surface area (Å²) in [4.78, 5) is 11.7. The van der Waals surface area contributed by atoms with Gasteiger partial charge in [-0.3, -0.25) is 14.9 Å². The molecule has 2 aliphatic rings. The lowest BCUT2D eigenvalue weighted by Gasteiger charge is -2.18. The van der Waals surface area contributed by atoms with E-state index in [1.807, 2.05) is 19.2 Å². The molecule has 6 heteroatoms. The zero-order chi connectivity index (χ0) is 17.1. The maximum atomic E-state index is 4.73. The van der Waals surface area contributed by atoms with Gasteiger partial charge in [0.25, 0.3) is 0 Å². The first-order valence-corrected chi connectivity index (χ1v) is 9.38. The van der Waals surface area contributed by atoms with E-state index in [1.54, 1.807) is 0 Å². The van der Waals surface area contributed by atoms with Gasteiger partial charge in [-0.15, -0.1) is 24.0 Å². The van der Waals surface area contributed by atoms with Crippen molar-refractivity contribution in [2.75, 3.05) is 26.7 Å². The Kier molecular flexibility index (Phi) is 6.69. The van der Waals surface area contributed by atoms with Crippen LogP contribution in [-0.2, 0) is 6.42 Å². The highest BCUT2D eigenvalue weighted by molar-refractivity contribution is 14.0. The maximum absolute atomic E-state index is 4.73. The number of nitrogens with zero attached hydrogens (tertiary/aromatic N) is 3. The molecule has 2 aromatic rings. The van der Waals surface area contributed by atoms with E-state index in [0.29, 0.717) is 6.04 Å². The third-order valence-electron chi connectivity index (χ3n) is 5.18. The van der Waals surface area contributed by atoms with Crippen LogP contribution in [-0.4, -0.2) is 54.6 Å². The van der Waals surface area contributed by atoms with Gasteiger partial charge in [0.1, 0.15) is 0 Å². The van der Waals surface area contributed by atoms with Gasteiger partial charge >= 0.3 is 0 Å². The Hall–Kier alpha value is -1.41. The summed E-state index contributed by atoms with van der Waals surface area (Å²) in [6.45, 7) is 3.21. The number of aliphatic imine (C=N–C) groups is 1. The van der Waals surface area contributed by atoms with Crippen LogP contribution in [0.4, 0.5) is 0 Å². The number of benzene rings is 1. The Balaban J connectivity index is 0.00000196. The molecule has 0 spiro atoms. The molecule has 1 atom stereocenters. The van der Waals surface area contributed by atoms with Crippen LogP contribution in [0.25, 0.3) is 10.9 Å². The number of nitrogens with one attached hydrogen (secondary N) is 2. The Morgan fingerprint density at radius 1 is 1.19 bits per heavy atom. The summed E-state index contributed by atoms with van der Waals surface area (Å²) in [5, 5.41) is 8.20. The largest absolute Gasteiger partial charge is 0.356 e. The number of para-hydroxylation sites is 1. The van der Waals surface area contributed by atoms with Crippen molar-refractivity contribution in [3.8, 4) is 0 Å². The highest BCUT2D eigenvalue weighted by atomic mass is 127. The van der Waals surface area contributed by atoms with Gasteiger partial charge in [-0.2, -0.15) is 0 Å². The summed E-state index contributed by atoms with van der Waals surface area (Å²) in [7, 11) is 1.84. The molecule has 2 N–H and O–H groups in total. The Bertz CT molecular complexity index is 759. The molecule has 5 nitrogen and oxygen atoms in total. The molecule has 1 aliphatic heterocycles. The van der Waals surface area contributed by atoms with Crippen LogP contribution in [0.15, 0.2) is 41.4 Å². The molecule has 1 unspecified atom stereocenters. The highest BCUT2D eigenvalue weighted by Gasteiger charge is 2.34. The molecular formula is C20H28IN5. The van der Waals surface area contributed by atoms with Gasteiger partial charge in [-0.25, -0.2) is 0 Å². The number of hydrogen-bond donors (Lipinski definition) is 2.